The topological polar surface area (TPSA) is 92.9 Å². The van der Waals surface area contributed by atoms with Crippen LogP contribution in [0.15, 0.2) is 42.5 Å². The van der Waals surface area contributed by atoms with Crippen molar-refractivity contribution in [3.8, 4) is 0 Å². The molecule has 7 nitrogen and oxygen atoms in total. The van der Waals surface area contributed by atoms with E-state index in [-0.39, 0.29) is 12.2 Å². The van der Waals surface area contributed by atoms with E-state index in [0.717, 1.165) is 12.1 Å². The highest BCUT2D eigenvalue weighted by Gasteiger charge is 2.54. The lowest BCUT2D eigenvalue weighted by molar-refractivity contribution is 0.108. The van der Waals surface area contributed by atoms with Gasteiger partial charge in [0.25, 0.3) is 0 Å². The molecule has 152 valence electrons. The van der Waals surface area contributed by atoms with Crippen LogP contribution in [0.4, 0.5) is 23.2 Å². The van der Waals surface area contributed by atoms with Crippen molar-refractivity contribution in [1.82, 2.24) is 9.80 Å². The van der Waals surface area contributed by atoms with Gasteiger partial charge in [0.1, 0.15) is 23.3 Å². The summed E-state index contributed by atoms with van der Waals surface area (Å²) in [5, 5.41) is -0.800. The molecule has 1 heterocycles. The number of halogens is 3. The Morgan fingerprint density at radius 2 is 1.86 bits per heavy atom. The molecule has 0 aromatic heterocycles. The number of nitrogens with two attached hydrogens (primary N) is 1. The monoisotopic (exact) mass is 423 g/mol. The van der Waals surface area contributed by atoms with Crippen LogP contribution < -0.4 is 5.73 Å². The third-order valence-electron chi connectivity index (χ3n) is 4.64. The summed E-state index contributed by atoms with van der Waals surface area (Å²) < 4.78 is 33.3. The molecule has 1 aliphatic heterocycles. The van der Waals surface area contributed by atoms with Gasteiger partial charge in [0, 0.05) is 5.56 Å². The summed E-state index contributed by atoms with van der Waals surface area (Å²) in [6, 6.07) is 8.35. The van der Waals surface area contributed by atoms with E-state index in [1.54, 1.807) is 30.3 Å². The number of carbonyl (C=O) groups excluding carboxylic acids is 3. The molecule has 29 heavy (non-hydrogen) atoms. The first-order valence-corrected chi connectivity index (χ1v) is 8.80. The number of hydrogen-bond donors (Lipinski definition) is 1. The van der Waals surface area contributed by atoms with Gasteiger partial charge < -0.3 is 10.5 Å². The third kappa shape index (κ3) is 3.61. The molecule has 0 radical (unpaired) electrons. The quantitative estimate of drug-likeness (QED) is 0.755. The highest BCUT2D eigenvalue weighted by Crippen LogP contribution is 2.39. The fourth-order valence-electron chi connectivity index (χ4n) is 3.20. The summed E-state index contributed by atoms with van der Waals surface area (Å²) in [7, 11) is 0. The minimum absolute atomic E-state index is 0.118. The predicted octanol–water partition coefficient (Wildman–Crippen LogP) is 3.99. The predicted molar refractivity (Wildman–Crippen MR) is 98.9 cm³/mol. The average Bonchev–Trinajstić information content (AvgIpc) is 2.96. The molecule has 3 rings (SSSR count). The second-order valence-electron chi connectivity index (χ2n) is 6.58. The largest absolute Gasteiger partial charge is 0.444 e. The number of nitrogens with zero attached hydrogens (tertiary/aromatic N) is 2. The summed E-state index contributed by atoms with van der Waals surface area (Å²) in [6.45, 7) is 0.738. The molecule has 0 aliphatic carbocycles. The van der Waals surface area contributed by atoms with Crippen LogP contribution in [0, 0.1) is 11.6 Å². The smallest absolute Gasteiger partial charge is 0.418 e. The molecule has 2 aromatic rings. The van der Waals surface area contributed by atoms with E-state index >= 15 is 0 Å². The highest BCUT2D eigenvalue weighted by molar-refractivity contribution is 6.31. The van der Waals surface area contributed by atoms with Gasteiger partial charge >= 0.3 is 18.2 Å². The summed E-state index contributed by atoms with van der Waals surface area (Å²) >= 11 is 5.63. The Hall–Kier alpha value is -3.20. The molecule has 1 fully saturated rings. The van der Waals surface area contributed by atoms with Crippen LogP contribution in [0.25, 0.3) is 0 Å². The number of amides is 5. The van der Waals surface area contributed by atoms with Gasteiger partial charge in [0.2, 0.25) is 0 Å². The lowest BCUT2D eigenvalue weighted by atomic mass is 9.91. The fraction of sp³-hybridized carbons (Fsp3) is 0.211. The van der Waals surface area contributed by atoms with E-state index in [0.29, 0.717) is 15.4 Å². The summed E-state index contributed by atoms with van der Waals surface area (Å²) in [5.74, 6) is -2.17. The van der Waals surface area contributed by atoms with Crippen LogP contribution in [0.2, 0.25) is 5.02 Å². The molecule has 2 aromatic carbocycles. The van der Waals surface area contributed by atoms with E-state index < -0.39 is 46.9 Å². The maximum Gasteiger partial charge on any atom is 0.418 e. The Labute approximate surface area is 169 Å². The molecular weight excluding hydrogens is 408 g/mol. The molecule has 1 atom stereocenters. The minimum Gasteiger partial charge on any atom is -0.444 e. The number of imide groups is 2. The first-order valence-electron chi connectivity index (χ1n) is 8.42. The number of primary amides is 1. The maximum absolute atomic E-state index is 14.6. The molecular formula is C19H16ClF2N3O4. The van der Waals surface area contributed by atoms with Crippen LogP contribution in [-0.4, -0.2) is 34.5 Å². The summed E-state index contributed by atoms with van der Waals surface area (Å²) in [5.41, 5.74) is 4.00. The van der Waals surface area contributed by atoms with E-state index in [2.05, 4.69) is 0 Å². The molecule has 0 bridgehead atoms. The second-order valence-corrected chi connectivity index (χ2v) is 6.96. The van der Waals surface area contributed by atoms with Crippen molar-refractivity contribution < 1.29 is 27.9 Å². The standard InChI is InChI=1S/C19H16ClF2N3O4/c1-19(12-7-8-13(21)14(20)15(12)22)10-24(17(27)25(19)16(23)26)18(28)29-9-11-5-3-2-4-6-11/h2-8H,9-10H2,1H3,(H2,23,26). The fourth-order valence-corrected chi connectivity index (χ4v) is 3.37. The van der Waals surface area contributed by atoms with Gasteiger partial charge in [-0.25, -0.2) is 33.0 Å². The van der Waals surface area contributed by atoms with Crippen LogP contribution in [0.3, 0.4) is 0 Å². The first-order chi connectivity index (χ1) is 13.7. The minimum atomic E-state index is -1.71. The molecule has 5 amide bonds. The summed E-state index contributed by atoms with van der Waals surface area (Å²) in [4.78, 5) is 38.2. The van der Waals surface area contributed by atoms with Crippen LogP contribution in [0.1, 0.15) is 18.1 Å². The third-order valence-corrected chi connectivity index (χ3v) is 4.99. The average molecular weight is 424 g/mol. The van der Waals surface area contributed by atoms with Crippen molar-refractivity contribution in [3.05, 3.63) is 70.2 Å². The van der Waals surface area contributed by atoms with Gasteiger partial charge in [-0.1, -0.05) is 48.0 Å². The van der Waals surface area contributed by atoms with Crippen molar-refractivity contribution in [3.63, 3.8) is 0 Å². The highest BCUT2D eigenvalue weighted by atomic mass is 35.5. The Morgan fingerprint density at radius 1 is 1.21 bits per heavy atom. The van der Waals surface area contributed by atoms with Gasteiger partial charge in [-0.3, -0.25) is 0 Å². The molecule has 2 N–H and O–H groups in total. The SMILES string of the molecule is CC1(c2ccc(F)c(Cl)c2F)CN(C(=O)OCc2ccccc2)C(=O)N1C(N)=O. The number of carbonyl (C=O) groups is 3. The molecule has 1 unspecified atom stereocenters. The van der Waals surface area contributed by atoms with Gasteiger partial charge in [-0.2, -0.15) is 0 Å². The number of benzene rings is 2. The van der Waals surface area contributed by atoms with E-state index in [1.165, 1.54) is 6.92 Å². The number of hydrogen-bond acceptors (Lipinski definition) is 4. The van der Waals surface area contributed by atoms with Crippen molar-refractivity contribution in [1.29, 1.82) is 0 Å². The Bertz CT molecular complexity index is 989. The van der Waals surface area contributed by atoms with E-state index in [9.17, 15) is 23.2 Å². The van der Waals surface area contributed by atoms with Crippen LogP contribution in [0.5, 0.6) is 0 Å². The number of ether oxygens (including phenoxy) is 1. The maximum atomic E-state index is 14.6. The second kappa shape index (κ2) is 7.67. The van der Waals surface area contributed by atoms with Gasteiger partial charge in [0.15, 0.2) is 0 Å². The normalized spacial score (nSPS) is 18.8. The van der Waals surface area contributed by atoms with Crippen LogP contribution >= 0.6 is 11.6 Å². The number of urea groups is 2. The molecule has 1 saturated heterocycles. The Kier molecular flexibility index (Phi) is 5.43. The van der Waals surface area contributed by atoms with Gasteiger partial charge in [-0.05, 0) is 18.6 Å². The Morgan fingerprint density at radius 3 is 2.48 bits per heavy atom. The van der Waals surface area contributed by atoms with Crippen molar-refractivity contribution in [2.24, 2.45) is 5.73 Å². The molecule has 10 heteroatoms. The molecule has 0 spiro atoms. The van der Waals surface area contributed by atoms with Crippen LogP contribution in [-0.2, 0) is 16.9 Å². The van der Waals surface area contributed by atoms with Crippen molar-refractivity contribution in [2.45, 2.75) is 19.1 Å². The zero-order valence-electron chi connectivity index (χ0n) is 15.2. The van der Waals surface area contributed by atoms with Crippen molar-refractivity contribution >= 4 is 29.8 Å². The lowest BCUT2D eigenvalue weighted by Crippen LogP contribution is -2.49. The zero-order valence-corrected chi connectivity index (χ0v) is 16.0. The first kappa shape index (κ1) is 20.5. The van der Waals surface area contributed by atoms with E-state index in [1.807, 2.05) is 0 Å². The van der Waals surface area contributed by atoms with Gasteiger partial charge in [0.05, 0.1) is 12.1 Å². The van der Waals surface area contributed by atoms with Gasteiger partial charge in [-0.15, -0.1) is 0 Å². The lowest BCUT2D eigenvalue weighted by Gasteiger charge is -2.31. The van der Waals surface area contributed by atoms with E-state index in [4.69, 9.17) is 22.1 Å². The molecule has 0 saturated carbocycles. The Balaban J connectivity index is 1.91. The van der Waals surface area contributed by atoms with Crippen molar-refractivity contribution in [2.75, 3.05) is 6.54 Å². The zero-order chi connectivity index (χ0) is 21.3. The number of rotatable bonds is 3. The molecule has 1 aliphatic rings. The summed E-state index contributed by atoms with van der Waals surface area (Å²) in [6.07, 6.45) is -1.04.